The van der Waals surface area contributed by atoms with Crippen molar-refractivity contribution < 1.29 is 19.0 Å². The maximum atomic E-state index is 13.1. The van der Waals surface area contributed by atoms with Gasteiger partial charge in [0.2, 0.25) is 5.91 Å². The smallest absolute Gasteiger partial charge is 0.227 e. The van der Waals surface area contributed by atoms with Crippen molar-refractivity contribution in [1.29, 1.82) is 0 Å². The van der Waals surface area contributed by atoms with Crippen molar-refractivity contribution in [2.24, 2.45) is 5.92 Å². The molecule has 0 aromatic heterocycles. The molecular weight excluding hydrogens is 321 g/mol. The van der Waals surface area contributed by atoms with Crippen molar-refractivity contribution in [3.8, 4) is 0 Å². The van der Waals surface area contributed by atoms with Crippen LogP contribution in [-0.4, -0.2) is 47.8 Å². The van der Waals surface area contributed by atoms with Crippen molar-refractivity contribution in [2.45, 2.75) is 37.8 Å². The van der Waals surface area contributed by atoms with Crippen LogP contribution in [0.15, 0.2) is 18.2 Å². The van der Waals surface area contributed by atoms with Crippen LogP contribution in [0.2, 0.25) is 5.02 Å². The molecule has 1 aromatic rings. The lowest BCUT2D eigenvalue weighted by molar-refractivity contribution is -0.143. The van der Waals surface area contributed by atoms with E-state index in [1.165, 1.54) is 12.1 Å². The highest BCUT2D eigenvalue weighted by atomic mass is 35.5. The Morgan fingerprint density at radius 3 is 2.96 bits per heavy atom. The zero-order chi connectivity index (χ0) is 16.4. The Bertz CT molecular complexity index is 583. The van der Waals surface area contributed by atoms with Gasteiger partial charge in [0.1, 0.15) is 5.82 Å². The zero-order valence-corrected chi connectivity index (χ0v) is 13.6. The Kier molecular flexibility index (Phi) is 5.19. The number of carbonyl (C=O) groups excluding carboxylic acids is 1. The molecule has 1 saturated heterocycles. The number of ether oxygens (including phenoxy) is 1. The number of benzene rings is 1. The average Bonchev–Trinajstić information content (AvgIpc) is 2.96. The summed E-state index contributed by atoms with van der Waals surface area (Å²) >= 11 is 6.02. The molecule has 3 rings (SSSR count). The van der Waals surface area contributed by atoms with Crippen molar-refractivity contribution in [2.75, 3.05) is 19.8 Å². The van der Waals surface area contributed by atoms with Gasteiger partial charge in [-0.25, -0.2) is 4.39 Å². The predicted molar refractivity (Wildman–Crippen MR) is 84.8 cm³/mol. The first-order chi connectivity index (χ1) is 11.1. The molecule has 126 valence electrons. The number of aliphatic hydroxyl groups excluding tert-OH is 1. The zero-order valence-electron chi connectivity index (χ0n) is 12.9. The van der Waals surface area contributed by atoms with Gasteiger partial charge in [-0.05, 0) is 30.5 Å². The SMILES string of the molecule is O=C(Cc1ccc(F)cc1Cl)N1CCOC[C@@H]1[C@H]1CCC[C@@H]1O. The van der Waals surface area contributed by atoms with Crippen molar-refractivity contribution in [1.82, 2.24) is 4.90 Å². The first-order valence-corrected chi connectivity index (χ1v) is 8.43. The van der Waals surface area contributed by atoms with Gasteiger partial charge in [0.15, 0.2) is 0 Å². The van der Waals surface area contributed by atoms with E-state index >= 15 is 0 Å². The molecule has 2 fully saturated rings. The van der Waals surface area contributed by atoms with Gasteiger partial charge in [-0.3, -0.25) is 4.79 Å². The summed E-state index contributed by atoms with van der Waals surface area (Å²) in [7, 11) is 0. The largest absolute Gasteiger partial charge is 0.393 e. The van der Waals surface area contributed by atoms with Crippen LogP contribution in [0, 0.1) is 11.7 Å². The highest BCUT2D eigenvalue weighted by molar-refractivity contribution is 6.31. The summed E-state index contributed by atoms with van der Waals surface area (Å²) in [6.45, 7) is 1.48. The summed E-state index contributed by atoms with van der Waals surface area (Å²) in [6, 6.07) is 4.00. The fourth-order valence-electron chi connectivity index (χ4n) is 3.63. The van der Waals surface area contributed by atoms with Crippen molar-refractivity contribution in [3.63, 3.8) is 0 Å². The third kappa shape index (κ3) is 3.67. The van der Waals surface area contributed by atoms with Crippen LogP contribution in [0.25, 0.3) is 0 Å². The number of amides is 1. The van der Waals surface area contributed by atoms with E-state index in [4.69, 9.17) is 16.3 Å². The second-order valence-corrected chi connectivity index (χ2v) is 6.71. The summed E-state index contributed by atoms with van der Waals surface area (Å²) in [4.78, 5) is 14.5. The molecule has 3 atom stereocenters. The van der Waals surface area contributed by atoms with Gasteiger partial charge < -0.3 is 14.7 Å². The standard InChI is InChI=1S/C17H21ClFNO3/c18-14-9-12(19)5-4-11(14)8-17(22)20-6-7-23-10-15(20)13-2-1-3-16(13)21/h4-5,9,13,15-16,21H,1-3,6-8,10H2/t13-,15-,16+/m1/s1. The number of nitrogens with zero attached hydrogens (tertiary/aromatic N) is 1. The lowest BCUT2D eigenvalue weighted by atomic mass is 9.93. The molecule has 1 aliphatic heterocycles. The minimum Gasteiger partial charge on any atom is -0.393 e. The summed E-state index contributed by atoms with van der Waals surface area (Å²) < 4.78 is 18.7. The van der Waals surface area contributed by atoms with E-state index in [0.29, 0.717) is 25.3 Å². The number of carbonyl (C=O) groups is 1. The maximum absolute atomic E-state index is 13.1. The molecule has 1 aliphatic carbocycles. The van der Waals surface area contributed by atoms with Crippen LogP contribution in [-0.2, 0) is 16.0 Å². The van der Waals surface area contributed by atoms with Crippen LogP contribution < -0.4 is 0 Å². The number of halogens is 2. The van der Waals surface area contributed by atoms with E-state index in [1.54, 1.807) is 6.07 Å². The number of hydrogen-bond acceptors (Lipinski definition) is 3. The Morgan fingerprint density at radius 2 is 2.26 bits per heavy atom. The Hall–Kier alpha value is -1.17. The first-order valence-electron chi connectivity index (χ1n) is 8.05. The topological polar surface area (TPSA) is 49.8 Å². The highest BCUT2D eigenvalue weighted by Gasteiger charge is 2.39. The van der Waals surface area contributed by atoms with E-state index in [2.05, 4.69) is 0 Å². The van der Waals surface area contributed by atoms with Crippen molar-refractivity contribution in [3.05, 3.63) is 34.6 Å². The monoisotopic (exact) mass is 341 g/mol. The Labute approximate surface area is 140 Å². The molecule has 0 spiro atoms. The summed E-state index contributed by atoms with van der Waals surface area (Å²) in [5.74, 6) is -0.390. The van der Waals surface area contributed by atoms with Gasteiger partial charge in [0.25, 0.3) is 0 Å². The van der Waals surface area contributed by atoms with E-state index < -0.39 is 5.82 Å². The molecule has 1 amide bonds. The fourth-order valence-corrected chi connectivity index (χ4v) is 3.87. The third-order valence-electron chi connectivity index (χ3n) is 4.87. The third-order valence-corrected chi connectivity index (χ3v) is 5.22. The van der Waals surface area contributed by atoms with E-state index in [-0.39, 0.29) is 35.4 Å². The Morgan fingerprint density at radius 1 is 1.43 bits per heavy atom. The van der Waals surface area contributed by atoms with Gasteiger partial charge in [-0.1, -0.05) is 24.1 Å². The molecule has 2 aliphatic rings. The number of rotatable bonds is 3. The second-order valence-electron chi connectivity index (χ2n) is 6.30. The van der Waals surface area contributed by atoms with Crippen LogP contribution >= 0.6 is 11.6 Å². The fraction of sp³-hybridized carbons (Fsp3) is 0.588. The lowest BCUT2D eigenvalue weighted by Crippen LogP contribution is -2.54. The van der Waals surface area contributed by atoms with E-state index in [0.717, 1.165) is 19.3 Å². The highest BCUT2D eigenvalue weighted by Crippen LogP contribution is 2.32. The van der Waals surface area contributed by atoms with Gasteiger partial charge in [-0.2, -0.15) is 0 Å². The average molecular weight is 342 g/mol. The molecule has 1 saturated carbocycles. The molecule has 4 nitrogen and oxygen atoms in total. The minimum atomic E-state index is -0.412. The van der Waals surface area contributed by atoms with Gasteiger partial charge in [0.05, 0.1) is 31.8 Å². The molecule has 0 bridgehead atoms. The van der Waals surface area contributed by atoms with E-state index in [1.807, 2.05) is 4.90 Å². The minimum absolute atomic E-state index is 0.0501. The second kappa shape index (κ2) is 7.16. The lowest BCUT2D eigenvalue weighted by Gasteiger charge is -2.40. The molecule has 23 heavy (non-hydrogen) atoms. The Balaban J connectivity index is 1.73. The molecular formula is C17H21ClFNO3. The van der Waals surface area contributed by atoms with Crippen molar-refractivity contribution >= 4 is 17.5 Å². The van der Waals surface area contributed by atoms with E-state index in [9.17, 15) is 14.3 Å². The first kappa shape index (κ1) is 16.7. The molecule has 6 heteroatoms. The summed E-state index contributed by atoms with van der Waals surface area (Å²) in [5.41, 5.74) is 0.621. The molecule has 1 N–H and O–H groups in total. The predicted octanol–water partition coefficient (Wildman–Crippen LogP) is 2.41. The number of morpholine rings is 1. The van der Waals surface area contributed by atoms with Crippen LogP contribution in [0.5, 0.6) is 0 Å². The van der Waals surface area contributed by atoms with Gasteiger partial charge >= 0.3 is 0 Å². The van der Waals surface area contributed by atoms with Gasteiger partial charge in [0, 0.05) is 17.5 Å². The molecule has 0 radical (unpaired) electrons. The normalized spacial score (nSPS) is 28.1. The quantitative estimate of drug-likeness (QED) is 0.918. The van der Waals surface area contributed by atoms with Crippen LogP contribution in [0.4, 0.5) is 4.39 Å². The maximum Gasteiger partial charge on any atom is 0.227 e. The summed E-state index contributed by atoms with van der Waals surface area (Å²) in [6.07, 6.45) is 2.45. The number of hydrogen-bond donors (Lipinski definition) is 1. The van der Waals surface area contributed by atoms with Crippen LogP contribution in [0.3, 0.4) is 0 Å². The van der Waals surface area contributed by atoms with Gasteiger partial charge in [-0.15, -0.1) is 0 Å². The van der Waals surface area contributed by atoms with Crippen LogP contribution in [0.1, 0.15) is 24.8 Å². The molecule has 1 aromatic carbocycles. The molecule has 1 heterocycles. The summed E-state index contributed by atoms with van der Waals surface area (Å²) in [5, 5.41) is 10.4. The number of aliphatic hydroxyl groups is 1. The molecule has 0 unspecified atom stereocenters.